The molecule has 2 aliphatic heterocycles. The van der Waals surface area contributed by atoms with Gasteiger partial charge in [0.2, 0.25) is 0 Å². The number of anilines is 1. The zero-order valence-electron chi connectivity index (χ0n) is 42.1. The first-order valence-corrected chi connectivity index (χ1v) is 27.2. The van der Waals surface area contributed by atoms with Crippen molar-refractivity contribution >= 4 is 47.1 Å². The van der Waals surface area contributed by atoms with Crippen LogP contribution in [0.25, 0.3) is 11.1 Å². The van der Waals surface area contributed by atoms with Gasteiger partial charge in [0.15, 0.2) is 11.9 Å². The molecular formula is C56H79ClN10O3. The van der Waals surface area contributed by atoms with E-state index in [0.717, 1.165) is 106 Å². The summed E-state index contributed by atoms with van der Waals surface area (Å²) in [5.41, 5.74) is 14.4. The second-order valence-corrected chi connectivity index (χ2v) is 22.3. The maximum Gasteiger partial charge on any atom is 0.257 e. The first-order chi connectivity index (χ1) is 33.8. The number of hydrogen-bond acceptors (Lipinski definition) is 10. The number of halogens is 1. The second kappa shape index (κ2) is 23.5. The van der Waals surface area contributed by atoms with E-state index in [1.54, 1.807) is 31.1 Å². The molecule has 70 heavy (non-hydrogen) atoms. The van der Waals surface area contributed by atoms with Crippen LogP contribution in [-0.2, 0) is 9.59 Å². The molecule has 14 heteroatoms. The SMILES string of the molecule is CN1C(=O)[C@@](CCC2CCCCC2)(C[C@H]2CCC[C@@H](Nc3ccc(-c4ccccc4)cn3)C2)N=C1N.Cc1cc(C(=O)N[C@@H]2CCC[C@H](C[C@@]3(CCC4CCCCC4)N=C(N)N(C)C3=O)C2)cc(Cl)n1. The number of nitrogens with zero attached hydrogens (tertiary/aromatic N) is 6. The van der Waals surface area contributed by atoms with Gasteiger partial charge in [0.1, 0.15) is 22.0 Å². The molecule has 0 saturated heterocycles. The largest absolute Gasteiger partial charge is 0.369 e. The van der Waals surface area contributed by atoms with Crippen LogP contribution in [0.1, 0.15) is 170 Å². The Hall–Kier alpha value is -5.04. The van der Waals surface area contributed by atoms with Gasteiger partial charge in [-0.15, -0.1) is 0 Å². The summed E-state index contributed by atoms with van der Waals surface area (Å²) < 4.78 is 0. The summed E-state index contributed by atoms with van der Waals surface area (Å²) in [4.78, 5) is 61.2. The number of rotatable bonds is 15. The number of likely N-dealkylation sites (N-methyl/N-ethyl adjacent to an activating group) is 2. The number of benzene rings is 1. The summed E-state index contributed by atoms with van der Waals surface area (Å²) in [5, 5.41) is 7.19. The third-order valence-electron chi connectivity index (χ3n) is 16.7. The number of carbonyl (C=O) groups is 3. The fraction of sp³-hybridized carbons (Fsp3) is 0.625. The molecule has 6 atom stereocenters. The Balaban J connectivity index is 0.000000189. The van der Waals surface area contributed by atoms with E-state index in [9.17, 15) is 14.4 Å². The van der Waals surface area contributed by atoms with E-state index in [-0.39, 0.29) is 23.8 Å². The smallest absolute Gasteiger partial charge is 0.257 e. The maximum absolute atomic E-state index is 13.4. The lowest BCUT2D eigenvalue weighted by Gasteiger charge is -2.35. The Morgan fingerprint density at radius 1 is 0.671 bits per heavy atom. The van der Waals surface area contributed by atoms with Gasteiger partial charge in [-0.25, -0.2) is 20.0 Å². The monoisotopic (exact) mass is 975 g/mol. The minimum absolute atomic E-state index is 0.0360. The number of aliphatic imine (C=N–C) groups is 2. The Kier molecular flexibility index (Phi) is 17.2. The molecule has 4 heterocycles. The summed E-state index contributed by atoms with van der Waals surface area (Å²) in [5.74, 6) is 3.86. The maximum atomic E-state index is 13.4. The summed E-state index contributed by atoms with van der Waals surface area (Å²) in [6.07, 6.45) is 28.6. The van der Waals surface area contributed by atoms with Crippen LogP contribution >= 0.6 is 11.6 Å². The van der Waals surface area contributed by atoms with Crippen LogP contribution in [0.15, 0.2) is 70.8 Å². The number of hydrogen-bond donors (Lipinski definition) is 4. The van der Waals surface area contributed by atoms with Gasteiger partial charge in [0.25, 0.3) is 17.7 Å². The minimum atomic E-state index is -0.747. The Bertz CT molecular complexity index is 2290. The van der Waals surface area contributed by atoms with Crippen LogP contribution in [0, 0.1) is 30.6 Å². The molecule has 378 valence electrons. The molecule has 13 nitrogen and oxygen atoms in total. The van der Waals surface area contributed by atoms with Crippen LogP contribution in [-0.4, -0.2) is 86.7 Å². The number of nitrogens with one attached hydrogen (secondary N) is 2. The molecule has 9 rings (SSSR count). The van der Waals surface area contributed by atoms with Crippen molar-refractivity contribution < 1.29 is 14.4 Å². The van der Waals surface area contributed by atoms with E-state index in [0.29, 0.717) is 52.9 Å². The number of pyridine rings is 2. The van der Waals surface area contributed by atoms with Crippen LogP contribution in [0.5, 0.6) is 0 Å². The van der Waals surface area contributed by atoms with Gasteiger partial charge < -0.3 is 22.1 Å². The van der Waals surface area contributed by atoms with Crippen molar-refractivity contribution in [1.29, 1.82) is 0 Å². The summed E-state index contributed by atoms with van der Waals surface area (Å²) in [7, 11) is 3.51. The zero-order valence-corrected chi connectivity index (χ0v) is 42.9. The van der Waals surface area contributed by atoms with Crippen molar-refractivity contribution in [3.63, 3.8) is 0 Å². The molecular weight excluding hydrogens is 896 g/mol. The Labute approximate surface area is 421 Å². The van der Waals surface area contributed by atoms with Crippen molar-refractivity contribution in [3.05, 3.63) is 77.2 Å². The quantitative estimate of drug-likeness (QED) is 0.108. The molecule has 0 unspecified atom stereocenters. The number of amides is 3. The van der Waals surface area contributed by atoms with Crippen molar-refractivity contribution in [2.45, 2.75) is 184 Å². The third-order valence-corrected chi connectivity index (χ3v) is 16.9. The highest BCUT2D eigenvalue weighted by molar-refractivity contribution is 6.29. The molecule has 0 radical (unpaired) electrons. The topological polar surface area (TPSA) is 184 Å². The number of carbonyl (C=O) groups excluding carboxylic acids is 3. The highest BCUT2D eigenvalue weighted by Gasteiger charge is 2.49. The summed E-state index contributed by atoms with van der Waals surface area (Å²) >= 11 is 6.04. The van der Waals surface area contributed by atoms with E-state index in [2.05, 4.69) is 52.0 Å². The molecule has 4 fully saturated rings. The number of aryl methyl sites for hydroxylation is 1. The first kappa shape index (κ1) is 51.3. The lowest BCUT2D eigenvalue weighted by molar-refractivity contribution is -0.132. The highest BCUT2D eigenvalue weighted by Crippen LogP contribution is 2.43. The van der Waals surface area contributed by atoms with Crippen LogP contribution in [0.3, 0.4) is 0 Å². The van der Waals surface area contributed by atoms with Crippen molar-refractivity contribution in [1.82, 2.24) is 25.1 Å². The van der Waals surface area contributed by atoms with Gasteiger partial charge >= 0.3 is 0 Å². The molecule has 3 amide bonds. The van der Waals surface area contributed by atoms with E-state index in [1.165, 1.54) is 74.7 Å². The van der Waals surface area contributed by atoms with E-state index in [4.69, 9.17) is 38.0 Å². The van der Waals surface area contributed by atoms with Gasteiger partial charge in [-0.1, -0.05) is 132 Å². The average molecular weight is 976 g/mol. The molecule has 6 N–H and O–H groups in total. The number of guanidine groups is 2. The predicted octanol–water partition coefficient (Wildman–Crippen LogP) is 10.6. The number of aromatic nitrogens is 2. The van der Waals surface area contributed by atoms with Crippen LogP contribution < -0.4 is 22.1 Å². The minimum Gasteiger partial charge on any atom is -0.369 e. The van der Waals surface area contributed by atoms with Crippen molar-refractivity contribution in [2.75, 3.05) is 19.4 Å². The lowest BCUT2D eigenvalue weighted by Crippen LogP contribution is -2.45. The van der Waals surface area contributed by atoms with Crippen molar-refractivity contribution in [2.24, 2.45) is 45.1 Å². The Morgan fingerprint density at radius 2 is 1.20 bits per heavy atom. The van der Waals surface area contributed by atoms with Crippen molar-refractivity contribution in [3.8, 4) is 11.1 Å². The van der Waals surface area contributed by atoms with Gasteiger partial charge in [-0.2, -0.15) is 0 Å². The van der Waals surface area contributed by atoms with Crippen LogP contribution in [0.4, 0.5) is 5.82 Å². The van der Waals surface area contributed by atoms with Gasteiger partial charge in [-0.05, 0) is 125 Å². The second-order valence-electron chi connectivity index (χ2n) is 21.9. The first-order valence-electron chi connectivity index (χ1n) is 26.8. The fourth-order valence-electron chi connectivity index (χ4n) is 12.8. The van der Waals surface area contributed by atoms with E-state index in [1.807, 2.05) is 19.2 Å². The normalized spacial score (nSPS) is 27.7. The average Bonchev–Trinajstić information content (AvgIpc) is 3.71. The molecule has 6 aliphatic rings. The molecule has 1 aromatic carbocycles. The lowest BCUT2D eigenvalue weighted by atomic mass is 9.74. The zero-order chi connectivity index (χ0) is 49.3. The molecule has 4 aliphatic carbocycles. The molecule has 2 aromatic heterocycles. The highest BCUT2D eigenvalue weighted by atomic mass is 35.5. The molecule has 3 aromatic rings. The molecule has 0 bridgehead atoms. The summed E-state index contributed by atoms with van der Waals surface area (Å²) in [6.45, 7) is 1.83. The predicted molar refractivity (Wildman–Crippen MR) is 281 cm³/mol. The Morgan fingerprint density at radius 3 is 1.70 bits per heavy atom. The van der Waals surface area contributed by atoms with Crippen LogP contribution in [0.2, 0.25) is 5.15 Å². The van der Waals surface area contributed by atoms with E-state index >= 15 is 0 Å². The number of nitrogens with two attached hydrogens (primary N) is 2. The van der Waals surface area contributed by atoms with E-state index < -0.39 is 11.1 Å². The van der Waals surface area contributed by atoms with Gasteiger partial charge in [0, 0.05) is 49.2 Å². The van der Waals surface area contributed by atoms with Gasteiger partial charge in [-0.3, -0.25) is 24.2 Å². The third kappa shape index (κ3) is 12.9. The fourth-order valence-corrected chi connectivity index (χ4v) is 13.1. The molecule has 0 spiro atoms. The summed E-state index contributed by atoms with van der Waals surface area (Å²) in [6, 6.07) is 18.4. The van der Waals surface area contributed by atoms with Gasteiger partial charge in [0.05, 0.1) is 0 Å². The standard InChI is InChI=1S/C30H41N5O.C26H38ClN5O2/c1-35-28(36)30(34-29(35)31,18-17-22-9-4-2-5-10-22)20-23-11-8-14-26(19-23)33-27-16-15-25(21-32-27)24-12-6-3-7-13-24;1-17-13-20(15-22(27)29-17)23(33)30-21-10-6-9-19(14-21)16-26(24(34)32(2)25(28)31-26)12-11-18-7-4-3-5-8-18/h3,6-7,12-13,15-16,21-23,26H,2,4-5,8-11,14,17-20H2,1H3,(H2,31,34)(H,32,33);13,15,18-19,21H,3-12,14,16H2,1-2H3,(H2,28,31)(H,30,33)/t23-,26+,30+;19-,21+,26+/m00/s1. The molecule has 4 saturated carbocycles.